The van der Waals surface area contributed by atoms with Gasteiger partial charge in [-0.25, -0.2) is 9.97 Å². The number of likely N-dealkylation sites (tertiary alicyclic amines) is 1. The summed E-state index contributed by atoms with van der Waals surface area (Å²) in [6, 6.07) is 0. The third kappa shape index (κ3) is 3.55. The highest BCUT2D eigenvalue weighted by atomic mass is 16.5. The summed E-state index contributed by atoms with van der Waals surface area (Å²) >= 11 is 0. The van der Waals surface area contributed by atoms with Crippen molar-refractivity contribution in [2.24, 2.45) is 11.3 Å². The first-order chi connectivity index (χ1) is 12.3. The monoisotopic (exact) mass is 345 g/mol. The molecule has 4 heterocycles. The third-order valence-electron chi connectivity index (χ3n) is 6.28. The van der Waals surface area contributed by atoms with E-state index >= 15 is 0 Å². The molecule has 0 N–H and O–H groups in total. The Bertz CT molecular complexity index is 581. The summed E-state index contributed by atoms with van der Waals surface area (Å²) in [4.78, 5) is 23.1. The maximum atomic E-state index is 12.8. The van der Waals surface area contributed by atoms with E-state index in [1.54, 1.807) is 6.33 Å². The van der Waals surface area contributed by atoms with Crippen molar-refractivity contribution >= 4 is 5.91 Å². The van der Waals surface area contributed by atoms with Gasteiger partial charge in [-0.05, 0) is 37.7 Å². The molecule has 4 rings (SSSR count). The maximum absolute atomic E-state index is 12.8. The first-order valence-electron chi connectivity index (χ1n) is 9.49. The quantitative estimate of drug-likeness (QED) is 0.836. The highest BCUT2D eigenvalue weighted by Gasteiger charge is 2.46. The lowest BCUT2D eigenvalue weighted by Crippen LogP contribution is -2.49. The van der Waals surface area contributed by atoms with Gasteiger partial charge in [0.2, 0.25) is 5.91 Å². The summed E-state index contributed by atoms with van der Waals surface area (Å²) < 4.78 is 11.5. The third-order valence-corrected chi connectivity index (χ3v) is 6.28. The zero-order chi connectivity index (χ0) is 17.1. The van der Waals surface area contributed by atoms with Gasteiger partial charge in [0.15, 0.2) is 0 Å². The lowest BCUT2D eigenvalue weighted by atomic mass is 9.71. The van der Waals surface area contributed by atoms with Crippen molar-refractivity contribution in [2.75, 3.05) is 32.9 Å². The number of ether oxygens (including phenoxy) is 2. The number of carbonyl (C=O) groups excluding carboxylic acids is 1. The first kappa shape index (κ1) is 16.9. The molecule has 6 nitrogen and oxygen atoms in total. The van der Waals surface area contributed by atoms with Crippen LogP contribution in [0.3, 0.4) is 0 Å². The fourth-order valence-electron chi connectivity index (χ4n) is 4.61. The normalized spacial score (nSPS) is 26.9. The zero-order valence-electron chi connectivity index (χ0n) is 14.7. The second kappa shape index (κ2) is 7.38. The van der Waals surface area contributed by atoms with Gasteiger partial charge in [0.05, 0.1) is 6.10 Å². The molecule has 1 amide bonds. The lowest BCUT2D eigenvalue weighted by Gasteiger charge is -2.43. The van der Waals surface area contributed by atoms with Gasteiger partial charge in [0, 0.05) is 63.1 Å². The SMILES string of the molecule is O=C(C1CCOCC1)N1CCC2(CCO[C@@H]2Cc2cncnc2)CC1. The molecule has 0 unspecified atom stereocenters. The molecule has 1 aromatic rings. The summed E-state index contributed by atoms with van der Waals surface area (Å²) in [6.45, 7) is 4.00. The van der Waals surface area contributed by atoms with Crippen LogP contribution in [0.25, 0.3) is 0 Å². The minimum atomic E-state index is 0.167. The Labute approximate surface area is 148 Å². The topological polar surface area (TPSA) is 64.5 Å². The number of amides is 1. The van der Waals surface area contributed by atoms with E-state index in [-0.39, 0.29) is 17.4 Å². The van der Waals surface area contributed by atoms with Crippen LogP contribution in [0.5, 0.6) is 0 Å². The number of hydrogen-bond acceptors (Lipinski definition) is 5. The second-order valence-corrected chi connectivity index (χ2v) is 7.63. The van der Waals surface area contributed by atoms with E-state index in [0.29, 0.717) is 5.91 Å². The van der Waals surface area contributed by atoms with Crippen LogP contribution in [0, 0.1) is 11.3 Å². The van der Waals surface area contributed by atoms with Gasteiger partial charge < -0.3 is 14.4 Å². The molecule has 0 bridgehead atoms. The van der Waals surface area contributed by atoms with Gasteiger partial charge in [0.1, 0.15) is 6.33 Å². The first-order valence-corrected chi connectivity index (χ1v) is 9.49. The number of piperidine rings is 1. The number of nitrogens with zero attached hydrogens (tertiary/aromatic N) is 3. The molecule has 136 valence electrons. The number of hydrogen-bond donors (Lipinski definition) is 0. The fraction of sp³-hybridized carbons (Fsp3) is 0.737. The van der Waals surface area contributed by atoms with Crippen molar-refractivity contribution in [3.63, 3.8) is 0 Å². The summed E-state index contributed by atoms with van der Waals surface area (Å²) in [7, 11) is 0. The molecule has 1 spiro atoms. The highest BCUT2D eigenvalue weighted by Crippen LogP contribution is 2.45. The van der Waals surface area contributed by atoms with Crippen molar-refractivity contribution in [3.05, 3.63) is 24.3 Å². The fourth-order valence-corrected chi connectivity index (χ4v) is 4.61. The standard InChI is InChI=1S/C19H27N3O3/c23-18(16-1-8-24-9-2-16)22-6-3-19(4-7-22)5-10-25-17(19)11-15-12-20-14-21-13-15/h12-14,16-17H,1-11H2/t17-/m1/s1. The van der Waals surface area contributed by atoms with Crippen LogP contribution in [0.15, 0.2) is 18.7 Å². The largest absolute Gasteiger partial charge is 0.381 e. The van der Waals surface area contributed by atoms with Crippen LogP contribution in [0.2, 0.25) is 0 Å². The van der Waals surface area contributed by atoms with Crippen molar-refractivity contribution < 1.29 is 14.3 Å². The summed E-state index contributed by atoms with van der Waals surface area (Å²) in [5.41, 5.74) is 1.34. The van der Waals surface area contributed by atoms with Crippen molar-refractivity contribution in [1.82, 2.24) is 14.9 Å². The molecule has 6 heteroatoms. The Morgan fingerprint density at radius 2 is 1.84 bits per heavy atom. The van der Waals surface area contributed by atoms with E-state index in [0.717, 1.165) is 77.0 Å². The predicted octanol–water partition coefficient (Wildman–Crippen LogP) is 1.84. The molecule has 1 aromatic heterocycles. The van der Waals surface area contributed by atoms with Gasteiger partial charge in [0.25, 0.3) is 0 Å². The van der Waals surface area contributed by atoms with Gasteiger partial charge in [-0.3, -0.25) is 4.79 Å². The number of aromatic nitrogens is 2. The summed E-state index contributed by atoms with van der Waals surface area (Å²) in [5.74, 6) is 0.505. The van der Waals surface area contributed by atoms with Crippen LogP contribution < -0.4 is 0 Å². The average molecular weight is 345 g/mol. The van der Waals surface area contributed by atoms with Crippen LogP contribution in [-0.2, 0) is 20.7 Å². The molecule has 3 fully saturated rings. The Morgan fingerprint density at radius 1 is 1.12 bits per heavy atom. The lowest BCUT2D eigenvalue weighted by molar-refractivity contribution is -0.141. The van der Waals surface area contributed by atoms with E-state index in [2.05, 4.69) is 14.9 Å². The minimum absolute atomic E-state index is 0.167. The second-order valence-electron chi connectivity index (χ2n) is 7.63. The molecule has 3 aliphatic rings. The average Bonchev–Trinajstić information content (AvgIpc) is 3.05. The van der Waals surface area contributed by atoms with Crippen molar-refractivity contribution in [3.8, 4) is 0 Å². The maximum Gasteiger partial charge on any atom is 0.225 e. The van der Waals surface area contributed by atoms with Crippen molar-refractivity contribution in [1.29, 1.82) is 0 Å². The number of rotatable bonds is 3. The molecule has 0 aliphatic carbocycles. The Balaban J connectivity index is 1.37. The smallest absolute Gasteiger partial charge is 0.225 e. The van der Waals surface area contributed by atoms with E-state index in [9.17, 15) is 4.79 Å². The van der Waals surface area contributed by atoms with E-state index in [1.165, 1.54) is 0 Å². The van der Waals surface area contributed by atoms with Crippen LogP contribution in [-0.4, -0.2) is 59.8 Å². The van der Waals surface area contributed by atoms with Crippen LogP contribution in [0.4, 0.5) is 0 Å². The molecular weight excluding hydrogens is 318 g/mol. The molecule has 3 aliphatic heterocycles. The predicted molar refractivity (Wildman–Crippen MR) is 91.9 cm³/mol. The molecule has 1 atom stereocenters. The number of carbonyl (C=O) groups is 1. The van der Waals surface area contributed by atoms with Crippen LogP contribution >= 0.6 is 0 Å². The molecule has 0 aromatic carbocycles. The van der Waals surface area contributed by atoms with E-state index < -0.39 is 0 Å². The van der Waals surface area contributed by atoms with E-state index in [1.807, 2.05) is 12.4 Å². The Morgan fingerprint density at radius 3 is 2.56 bits per heavy atom. The summed E-state index contributed by atoms with van der Waals surface area (Å²) in [5, 5.41) is 0. The van der Waals surface area contributed by atoms with Gasteiger partial charge in [-0.2, -0.15) is 0 Å². The summed E-state index contributed by atoms with van der Waals surface area (Å²) in [6.07, 6.45) is 11.4. The van der Waals surface area contributed by atoms with Gasteiger partial charge in [-0.15, -0.1) is 0 Å². The molecule has 25 heavy (non-hydrogen) atoms. The van der Waals surface area contributed by atoms with Crippen molar-refractivity contribution in [2.45, 2.75) is 44.6 Å². The molecule has 0 saturated carbocycles. The van der Waals surface area contributed by atoms with Gasteiger partial charge in [-0.1, -0.05) is 0 Å². The highest BCUT2D eigenvalue weighted by molar-refractivity contribution is 5.79. The molecule has 0 radical (unpaired) electrons. The Kier molecular flexibility index (Phi) is 4.99. The van der Waals surface area contributed by atoms with Crippen LogP contribution in [0.1, 0.15) is 37.7 Å². The van der Waals surface area contributed by atoms with E-state index in [4.69, 9.17) is 9.47 Å². The molecular formula is C19H27N3O3. The Hall–Kier alpha value is -1.53. The zero-order valence-corrected chi connectivity index (χ0v) is 14.7. The van der Waals surface area contributed by atoms with Gasteiger partial charge >= 0.3 is 0 Å². The minimum Gasteiger partial charge on any atom is -0.381 e. The molecule has 3 saturated heterocycles.